The Kier molecular flexibility index (Phi) is 6.08. The predicted molar refractivity (Wildman–Crippen MR) is 82.2 cm³/mol. The highest BCUT2D eigenvalue weighted by Crippen LogP contribution is 2.24. The van der Waals surface area contributed by atoms with Crippen molar-refractivity contribution in [2.75, 3.05) is 20.6 Å². The van der Waals surface area contributed by atoms with Gasteiger partial charge in [0, 0.05) is 12.1 Å². The third kappa shape index (κ3) is 4.25. The van der Waals surface area contributed by atoms with Crippen LogP contribution in [0.2, 0.25) is 0 Å². The molecule has 4 heteroatoms. The molecule has 0 aliphatic heterocycles. The van der Waals surface area contributed by atoms with Gasteiger partial charge >= 0.3 is 0 Å². The molecular weight excluding hydrogens is 253 g/mol. The van der Waals surface area contributed by atoms with Gasteiger partial charge in [0.25, 0.3) is 0 Å². The zero-order chi connectivity index (χ0) is 15.3. The summed E-state index contributed by atoms with van der Waals surface area (Å²) in [5.74, 6) is 0.0919. The molecule has 0 bridgehead atoms. The SMILES string of the molecule is CCC(C)(C)N(C)CC(C)C(NC)c1ccc(F)cn1. The summed E-state index contributed by atoms with van der Waals surface area (Å²) in [6.45, 7) is 9.88. The molecule has 1 aromatic heterocycles. The number of rotatable bonds is 7. The van der Waals surface area contributed by atoms with E-state index in [1.807, 2.05) is 7.05 Å². The van der Waals surface area contributed by atoms with Crippen LogP contribution < -0.4 is 5.32 Å². The molecule has 0 amide bonds. The summed E-state index contributed by atoms with van der Waals surface area (Å²) in [7, 11) is 4.09. The number of hydrogen-bond donors (Lipinski definition) is 1. The van der Waals surface area contributed by atoms with Gasteiger partial charge in [-0.1, -0.05) is 13.8 Å². The highest BCUT2D eigenvalue weighted by atomic mass is 19.1. The van der Waals surface area contributed by atoms with Gasteiger partial charge in [-0.3, -0.25) is 4.98 Å². The third-order valence-corrected chi connectivity index (χ3v) is 4.41. The Bertz CT molecular complexity index is 403. The van der Waals surface area contributed by atoms with Gasteiger partial charge in [0.2, 0.25) is 0 Å². The van der Waals surface area contributed by atoms with Gasteiger partial charge in [-0.2, -0.15) is 0 Å². The van der Waals surface area contributed by atoms with Crippen molar-refractivity contribution in [2.45, 2.75) is 45.7 Å². The number of pyridine rings is 1. The first-order chi connectivity index (χ1) is 9.31. The third-order valence-electron chi connectivity index (χ3n) is 4.41. The lowest BCUT2D eigenvalue weighted by Gasteiger charge is -2.38. The van der Waals surface area contributed by atoms with Crippen molar-refractivity contribution in [1.82, 2.24) is 15.2 Å². The van der Waals surface area contributed by atoms with E-state index in [-0.39, 0.29) is 17.4 Å². The monoisotopic (exact) mass is 281 g/mol. The number of nitrogens with one attached hydrogen (secondary N) is 1. The molecule has 1 heterocycles. The minimum Gasteiger partial charge on any atom is -0.311 e. The van der Waals surface area contributed by atoms with E-state index in [0.29, 0.717) is 5.92 Å². The standard InChI is InChI=1S/C16H28FN3/c1-7-16(3,4)20(6)11-12(2)15(18-5)14-9-8-13(17)10-19-14/h8-10,12,15,18H,7,11H2,1-6H3. The molecule has 0 aliphatic carbocycles. The summed E-state index contributed by atoms with van der Waals surface area (Å²) < 4.78 is 13.0. The van der Waals surface area contributed by atoms with Crippen LogP contribution in [0.4, 0.5) is 4.39 Å². The minimum atomic E-state index is -0.291. The largest absolute Gasteiger partial charge is 0.311 e. The smallest absolute Gasteiger partial charge is 0.141 e. The van der Waals surface area contributed by atoms with Gasteiger partial charge < -0.3 is 10.2 Å². The first kappa shape index (κ1) is 17.1. The second-order valence-corrected chi connectivity index (χ2v) is 6.19. The van der Waals surface area contributed by atoms with Crippen LogP contribution in [0.15, 0.2) is 18.3 Å². The van der Waals surface area contributed by atoms with E-state index in [2.05, 4.69) is 49.9 Å². The first-order valence-corrected chi connectivity index (χ1v) is 7.31. The van der Waals surface area contributed by atoms with Gasteiger partial charge in [0.15, 0.2) is 0 Å². The summed E-state index contributed by atoms with van der Waals surface area (Å²) in [6, 6.07) is 3.36. The maximum atomic E-state index is 13.0. The Morgan fingerprint density at radius 2 is 2.05 bits per heavy atom. The molecule has 0 aromatic carbocycles. The molecule has 1 N–H and O–H groups in total. The number of aromatic nitrogens is 1. The topological polar surface area (TPSA) is 28.2 Å². The van der Waals surface area contributed by atoms with Crippen LogP contribution in [0.5, 0.6) is 0 Å². The van der Waals surface area contributed by atoms with Crippen LogP contribution in [0.1, 0.15) is 45.9 Å². The highest BCUT2D eigenvalue weighted by Gasteiger charge is 2.26. The molecule has 114 valence electrons. The van der Waals surface area contributed by atoms with E-state index in [4.69, 9.17) is 0 Å². The zero-order valence-electron chi connectivity index (χ0n) is 13.6. The molecule has 2 unspecified atom stereocenters. The average molecular weight is 281 g/mol. The Morgan fingerprint density at radius 3 is 2.50 bits per heavy atom. The fraction of sp³-hybridized carbons (Fsp3) is 0.688. The lowest BCUT2D eigenvalue weighted by Crippen LogP contribution is -2.44. The van der Waals surface area contributed by atoms with Gasteiger partial charge in [-0.05, 0) is 52.4 Å². The number of nitrogens with zero attached hydrogens (tertiary/aromatic N) is 2. The van der Waals surface area contributed by atoms with Crippen molar-refractivity contribution in [3.8, 4) is 0 Å². The lowest BCUT2D eigenvalue weighted by atomic mass is 9.94. The van der Waals surface area contributed by atoms with Crippen molar-refractivity contribution in [2.24, 2.45) is 5.92 Å². The van der Waals surface area contributed by atoms with E-state index in [0.717, 1.165) is 18.7 Å². The Labute approximate surface area is 122 Å². The predicted octanol–water partition coefficient (Wildman–Crippen LogP) is 3.24. The molecule has 0 radical (unpaired) electrons. The quantitative estimate of drug-likeness (QED) is 0.831. The van der Waals surface area contributed by atoms with Crippen LogP contribution in [-0.2, 0) is 0 Å². The van der Waals surface area contributed by atoms with Crippen molar-refractivity contribution in [3.63, 3.8) is 0 Å². The van der Waals surface area contributed by atoms with E-state index in [1.54, 1.807) is 6.07 Å². The number of hydrogen-bond acceptors (Lipinski definition) is 3. The molecule has 1 rings (SSSR count). The van der Waals surface area contributed by atoms with Crippen molar-refractivity contribution in [1.29, 1.82) is 0 Å². The van der Waals surface area contributed by atoms with E-state index >= 15 is 0 Å². The van der Waals surface area contributed by atoms with Crippen LogP contribution in [0.3, 0.4) is 0 Å². The molecule has 1 aromatic rings. The van der Waals surface area contributed by atoms with Crippen LogP contribution in [0, 0.1) is 11.7 Å². The van der Waals surface area contributed by atoms with E-state index in [1.165, 1.54) is 12.3 Å². The molecule has 0 aliphatic rings. The van der Waals surface area contributed by atoms with Crippen LogP contribution in [-0.4, -0.2) is 36.1 Å². The normalized spacial score (nSPS) is 15.4. The van der Waals surface area contributed by atoms with Gasteiger partial charge in [0.05, 0.1) is 17.9 Å². The molecule has 0 saturated carbocycles. The molecule has 0 spiro atoms. The molecule has 0 fully saturated rings. The fourth-order valence-corrected chi connectivity index (χ4v) is 2.35. The maximum absolute atomic E-state index is 13.0. The van der Waals surface area contributed by atoms with Crippen molar-refractivity contribution < 1.29 is 4.39 Å². The van der Waals surface area contributed by atoms with Crippen molar-refractivity contribution >= 4 is 0 Å². The van der Waals surface area contributed by atoms with Gasteiger partial charge in [-0.15, -0.1) is 0 Å². The summed E-state index contributed by atoms with van der Waals surface area (Å²) >= 11 is 0. The summed E-state index contributed by atoms with van der Waals surface area (Å²) in [5.41, 5.74) is 1.08. The highest BCUT2D eigenvalue weighted by molar-refractivity contribution is 5.11. The minimum absolute atomic E-state index is 0.130. The zero-order valence-corrected chi connectivity index (χ0v) is 13.6. The van der Waals surface area contributed by atoms with Crippen molar-refractivity contribution in [3.05, 3.63) is 29.8 Å². The Balaban J connectivity index is 2.77. The van der Waals surface area contributed by atoms with E-state index < -0.39 is 0 Å². The fourth-order valence-electron chi connectivity index (χ4n) is 2.35. The van der Waals surface area contributed by atoms with Crippen LogP contribution in [0.25, 0.3) is 0 Å². The number of halogens is 1. The van der Waals surface area contributed by atoms with Crippen LogP contribution >= 0.6 is 0 Å². The lowest BCUT2D eigenvalue weighted by molar-refractivity contribution is 0.120. The first-order valence-electron chi connectivity index (χ1n) is 7.31. The summed E-state index contributed by atoms with van der Waals surface area (Å²) in [4.78, 5) is 6.58. The Hall–Kier alpha value is -1.00. The maximum Gasteiger partial charge on any atom is 0.141 e. The summed E-state index contributed by atoms with van der Waals surface area (Å²) in [5, 5.41) is 3.30. The molecule has 20 heavy (non-hydrogen) atoms. The van der Waals surface area contributed by atoms with E-state index in [9.17, 15) is 4.39 Å². The molecule has 0 saturated heterocycles. The Morgan fingerprint density at radius 1 is 1.40 bits per heavy atom. The average Bonchev–Trinajstić information content (AvgIpc) is 2.41. The molecule has 3 nitrogen and oxygen atoms in total. The second kappa shape index (κ2) is 7.14. The second-order valence-electron chi connectivity index (χ2n) is 6.19. The van der Waals surface area contributed by atoms with Gasteiger partial charge in [0.1, 0.15) is 5.82 Å². The summed E-state index contributed by atoms with van der Waals surface area (Å²) in [6.07, 6.45) is 2.39. The van der Waals surface area contributed by atoms with Gasteiger partial charge in [-0.25, -0.2) is 4.39 Å². The molecular formula is C16H28FN3. The molecule has 2 atom stereocenters.